The van der Waals surface area contributed by atoms with E-state index in [9.17, 15) is 9.90 Å². The Balaban J connectivity index is 2.29. The molecule has 2 N–H and O–H groups in total. The molecule has 2 heterocycles. The molecule has 0 aliphatic rings. The van der Waals surface area contributed by atoms with Crippen LogP contribution in [0.25, 0.3) is 17.0 Å². The van der Waals surface area contributed by atoms with Gasteiger partial charge in [-0.3, -0.25) is 4.40 Å². The van der Waals surface area contributed by atoms with Crippen molar-refractivity contribution in [3.8, 4) is 17.1 Å². The third-order valence-electron chi connectivity index (χ3n) is 2.81. The van der Waals surface area contributed by atoms with Crippen molar-refractivity contribution in [1.29, 1.82) is 0 Å². The number of aromatic nitrogens is 3. The van der Waals surface area contributed by atoms with Crippen LogP contribution in [0.2, 0.25) is 5.02 Å². The van der Waals surface area contributed by atoms with Crippen molar-refractivity contribution in [3.05, 3.63) is 47.1 Å². The molecule has 3 rings (SSSR count). The summed E-state index contributed by atoms with van der Waals surface area (Å²) in [4.78, 5) is 11.1. The van der Waals surface area contributed by atoms with Gasteiger partial charge in [0.25, 0.3) is 0 Å². The molecule has 100 valence electrons. The lowest BCUT2D eigenvalue weighted by Gasteiger charge is -2.03. The highest BCUT2D eigenvalue weighted by atomic mass is 35.5. The monoisotopic (exact) mass is 289 g/mol. The molecule has 0 saturated heterocycles. The third kappa shape index (κ3) is 1.96. The molecule has 0 unspecified atom stereocenters. The molecule has 0 bridgehead atoms. The fourth-order valence-corrected chi connectivity index (χ4v) is 2.16. The van der Waals surface area contributed by atoms with Crippen LogP contribution >= 0.6 is 11.6 Å². The molecule has 0 spiro atoms. The van der Waals surface area contributed by atoms with Crippen LogP contribution in [0.15, 0.2) is 36.5 Å². The lowest BCUT2D eigenvalue weighted by molar-refractivity contribution is 0.0696. The summed E-state index contributed by atoms with van der Waals surface area (Å²) in [6, 6.07) is 7.76. The number of benzene rings is 1. The van der Waals surface area contributed by atoms with Gasteiger partial charge in [0.15, 0.2) is 11.5 Å². The van der Waals surface area contributed by atoms with Crippen LogP contribution in [-0.2, 0) is 0 Å². The molecule has 0 atom stereocenters. The van der Waals surface area contributed by atoms with Crippen LogP contribution in [0, 0.1) is 0 Å². The van der Waals surface area contributed by atoms with Gasteiger partial charge in [0.05, 0.1) is 10.6 Å². The lowest BCUT2D eigenvalue weighted by Crippen LogP contribution is -2.00. The van der Waals surface area contributed by atoms with Gasteiger partial charge in [0.2, 0.25) is 0 Å². The van der Waals surface area contributed by atoms with E-state index in [1.165, 1.54) is 28.8 Å². The highest BCUT2D eigenvalue weighted by molar-refractivity contribution is 6.33. The number of pyridine rings is 1. The number of halogens is 1. The predicted molar refractivity (Wildman–Crippen MR) is 72.1 cm³/mol. The SMILES string of the molecule is O=C(O)c1cc(Cl)c2nnc(-c3cccc(O)c3)n2c1. The second-order valence-corrected chi connectivity index (χ2v) is 4.56. The molecule has 0 radical (unpaired) electrons. The largest absolute Gasteiger partial charge is 0.508 e. The van der Waals surface area contributed by atoms with Crippen LogP contribution in [-0.4, -0.2) is 30.8 Å². The van der Waals surface area contributed by atoms with E-state index in [4.69, 9.17) is 16.7 Å². The fraction of sp³-hybridized carbons (Fsp3) is 0. The molecule has 0 aliphatic carbocycles. The summed E-state index contributed by atoms with van der Waals surface area (Å²) in [5.41, 5.74) is 0.995. The molecule has 1 aromatic carbocycles. The number of hydrogen-bond acceptors (Lipinski definition) is 4. The Morgan fingerprint density at radius 2 is 2.05 bits per heavy atom. The summed E-state index contributed by atoms with van der Waals surface area (Å²) in [6.45, 7) is 0. The number of nitrogens with zero attached hydrogens (tertiary/aromatic N) is 3. The number of phenols is 1. The zero-order valence-electron chi connectivity index (χ0n) is 9.99. The fourth-order valence-electron chi connectivity index (χ4n) is 1.91. The average molecular weight is 290 g/mol. The first-order valence-corrected chi connectivity index (χ1v) is 6.01. The van der Waals surface area contributed by atoms with E-state index < -0.39 is 5.97 Å². The zero-order chi connectivity index (χ0) is 14.3. The smallest absolute Gasteiger partial charge is 0.337 e. The first-order valence-electron chi connectivity index (χ1n) is 5.63. The molecule has 7 heteroatoms. The second-order valence-electron chi connectivity index (χ2n) is 4.15. The molecular weight excluding hydrogens is 282 g/mol. The summed E-state index contributed by atoms with van der Waals surface area (Å²) in [7, 11) is 0. The van der Waals surface area contributed by atoms with Crippen molar-refractivity contribution >= 4 is 23.2 Å². The van der Waals surface area contributed by atoms with Crippen LogP contribution in [0.1, 0.15) is 10.4 Å². The van der Waals surface area contributed by atoms with Gasteiger partial charge in [-0.05, 0) is 18.2 Å². The summed E-state index contributed by atoms with van der Waals surface area (Å²) in [6.07, 6.45) is 1.39. The van der Waals surface area contributed by atoms with Gasteiger partial charge in [-0.15, -0.1) is 10.2 Å². The molecule has 3 aromatic rings. The Morgan fingerprint density at radius 1 is 1.25 bits per heavy atom. The molecule has 20 heavy (non-hydrogen) atoms. The Morgan fingerprint density at radius 3 is 2.75 bits per heavy atom. The minimum Gasteiger partial charge on any atom is -0.508 e. The summed E-state index contributed by atoms with van der Waals surface area (Å²) in [5, 5.41) is 26.7. The molecule has 2 aromatic heterocycles. The molecule has 0 aliphatic heterocycles. The lowest BCUT2D eigenvalue weighted by atomic mass is 10.2. The Kier molecular flexibility index (Phi) is 2.80. The van der Waals surface area contributed by atoms with Gasteiger partial charge < -0.3 is 10.2 Å². The maximum absolute atomic E-state index is 11.1. The molecule has 6 nitrogen and oxygen atoms in total. The van der Waals surface area contributed by atoms with E-state index in [2.05, 4.69) is 10.2 Å². The summed E-state index contributed by atoms with van der Waals surface area (Å²) in [5.74, 6) is -0.606. The highest BCUT2D eigenvalue weighted by Gasteiger charge is 2.14. The van der Waals surface area contributed by atoms with Gasteiger partial charge in [0.1, 0.15) is 5.75 Å². The van der Waals surface area contributed by atoms with Crippen LogP contribution in [0.4, 0.5) is 0 Å². The van der Waals surface area contributed by atoms with E-state index in [1.54, 1.807) is 12.1 Å². The van der Waals surface area contributed by atoms with Crippen LogP contribution < -0.4 is 0 Å². The first kappa shape index (κ1) is 12.4. The number of aromatic hydroxyl groups is 1. The van der Waals surface area contributed by atoms with Crippen molar-refractivity contribution in [3.63, 3.8) is 0 Å². The van der Waals surface area contributed by atoms with Crippen molar-refractivity contribution in [2.45, 2.75) is 0 Å². The zero-order valence-corrected chi connectivity index (χ0v) is 10.7. The van der Waals surface area contributed by atoms with Gasteiger partial charge in [-0.2, -0.15) is 0 Å². The normalized spacial score (nSPS) is 10.8. The Bertz CT molecular complexity index is 829. The minimum atomic E-state index is -1.09. The average Bonchev–Trinajstić information content (AvgIpc) is 2.83. The van der Waals surface area contributed by atoms with Gasteiger partial charge in [0, 0.05) is 11.8 Å². The number of carboxylic acid groups (broad SMARTS) is 1. The number of aromatic carboxylic acids is 1. The van der Waals surface area contributed by atoms with Gasteiger partial charge in [-0.25, -0.2) is 4.79 Å². The number of carbonyl (C=O) groups is 1. The van der Waals surface area contributed by atoms with Crippen molar-refractivity contribution in [1.82, 2.24) is 14.6 Å². The maximum Gasteiger partial charge on any atom is 0.337 e. The first-order chi connectivity index (χ1) is 9.56. The van der Waals surface area contributed by atoms with E-state index >= 15 is 0 Å². The number of rotatable bonds is 2. The number of fused-ring (bicyclic) bond motifs is 1. The molecular formula is C13H8ClN3O3. The van der Waals surface area contributed by atoms with Crippen LogP contribution in [0.5, 0.6) is 5.75 Å². The number of carboxylic acids is 1. The predicted octanol–water partition coefficient (Wildman–Crippen LogP) is 2.45. The topological polar surface area (TPSA) is 87.7 Å². The Labute approximate surface area is 117 Å². The number of phenolic OH excluding ortho intramolecular Hbond substituents is 1. The summed E-state index contributed by atoms with van der Waals surface area (Å²) >= 11 is 6.00. The van der Waals surface area contributed by atoms with Crippen LogP contribution in [0.3, 0.4) is 0 Å². The van der Waals surface area contributed by atoms with E-state index in [1.807, 2.05) is 0 Å². The molecule has 0 saturated carbocycles. The van der Waals surface area contributed by atoms with E-state index in [0.717, 1.165) is 0 Å². The quantitative estimate of drug-likeness (QED) is 0.756. The molecule has 0 amide bonds. The van der Waals surface area contributed by atoms with Gasteiger partial charge in [-0.1, -0.05) is 23.7 Å². The second kappa shape index (κ2) is 4.50. The third-order valence-corrected chi connectivity index (χ3v) is 3.09. The summed E-state index contributed by atoms with van der Waals surface area (Å²) < 4.78 is 1.49. The Hall–Kier alpha value is -2.60. The van der Waals surface area contributed by atoms with E-state index in [-0.39, 0.29) is 16.3 Å². The number of hydrogen-bond donors (Lipinski definition) is 2. The van der Waals surface area contributed by atoms with Crippen molar-refractivity contribution < 1.29 is 15.0 Å². The minimum absolute atomic E-state index is 0.0312. The van der Waals surface area contributed by atoms with Gasteiger partial charge >= 0.3 is 5.97 Å². The van der Waals surface area contributed by atoms with Crippen molar-refractivity contribution in [2.24, 2.45) is 0 Å². The highest BCUT2D eigenvalue weighted by Crippen LogP contribution is 2.25. The standard InChI is InChI=1S/C13H8ClN3O3/c14-10-5-8(13(19)20)6-17-11(15-16-12(10)17)7-2-1-3-9(18)4-7/h1-6,18H,(H,19,20). The molecule has 0 fully saturated rings. The van der Waals surface area contributed by atoms with E-state index in [0.29, 0.717) is 17.0 Å². The van der Waals surface area contributed by atoms with Crippen molar-refractivity contribution in [2.75, 3.05) is 0 Å². The maximum atomic E-state index is 11.1.